The second kappa shape index (κ2) is 9.65. The van der Waals surface area contributed by atoms with Crippen LogP contribution in [0, 0.1) is 10.1 Å². The van der Waals surface area contributed by atoms with Crippen molar-refractivity contribution in [3.05, 3.63) is 58.6 Å². The first kappa shape index (κ1) is 18.8. The number of ether oxygens (including phenoxy) is 1. The van der Waals surface area contributed by atoms with Crippen molar-refractivity contribution in [2.75, 3.05) is 25.6 Å². The molecule has 2 aromatic rings. The molecule has 0 atom stereocenters. The molecule has 2 rings (SSSR count). The van der Waals surface area contributed by atoms with E-state index in [9.17, 15) is 14.9 Å². The Kier molecular flexibility index (Phi) is 7.24. The lowest BCUT2D eigenvalue weighted by Crippen LogP contribution is -2.29. The van der Waals surface area contributed by atoms with E-state index in [4.69, 9.17) is 4.74 Å². The SMILES string of the molecule is COCCCNC(=O)Nc1ccc(Sc2ccc([N+](=O)[O-])cc2)cc1. The molecule has 0 aromatic heterocycles. The van der Waals surface area contributed by atoms with Gasteiger partial charge in [0.05, 0.1) is 4.92 Å². The minimum atomic E-state index is -0.421. The van der Waals surface area contributed by atoms with Crippen LogP contribution in [0.4, 0.5) is 16.2 Å². The van der Waals surface area contributed by atoms with Crippen molar-refractivity contribution in [1.82, 2.24) is 5.32 Å². The average Bonchev–Trinajstić information content (AvgIpc) is 2.61. The third-order valence-electron chi connectivity index (χ3n) is 3.21. The number of hydrogen-bond donors (Lipinski definition) is 2. The van der Waals surface area contributed by atoms with Crippen LogP contribution in [0.1, 0.15) is 6.42 Å². The van der Waals surface area contributed by atoms with Gasteiger partial charge in [-0.15, -0.1) is 0 Å². The van der Waals surface area contributed by atoms with Crippen molar-refractivity contribution in [2.45, 2.75) is 16.2 Å². The number of anilines is 1. The van der Waals surface area contributed by atoms with Gasteiger partial charge in [-0.25, -0.2) is 4.79 Å². The van der Waals surface area contributed by atoms with Gasteiger partial charge in [0.1, 0.15) is 0 Å². The molecule has 0 heterocycles. The summed E-state index contributed by atoms with van der Waals surface area (Å²) in [6.07, 6.45) is 0.759. The topological polar surface area (TPSA) is 93.5 Å². The maximum Gasteiger partial charge on any atom is 0.319 e. The number of nitrogens with zero attached hydrogens (tertiary/aromatic N) is 1. The standard InChI is InChI=1S/C17H19N3O4S/c1-24-12-2-11-18-17(21)19-13-3-7-15(8-4-13)25-16-9-5-14(6-10-16)20(22)23/h3-10H,2,11-12H2,1H3,(H2,18,19,21). The summed E-state index contributed by atoms with van der Waals surface area (Å²) in [6, 6.07) is 13.5. The molecule has 7 nitrogen and oxygen atoms in total. The summed E-state index contributed by atoms with van der Waals surface area (Å²) >= 11 is 1.49. The second-order valence-electron chi connectivity index (χ2n) is 5.10. The quantitative estimate of drug-likeness (QED) is 0.422. The van der Waals surface area contributed by atoms with Crippen molar-refractivity contribution >= 4 is 29.2 Å². The summed E-state index contributed by atoms with van der Waals surface area (Å²) in [7, 11) is 1.62. The third-order valence-corrected chi connectivity index (χ3v) is 4.22. The molecular formula is C17H19N3O4S. The minimum Gasteiger partial charge on any atom is -0.385 e. The summed E-state index contributed by atoms with van der Waals surface area (Å²) in [5, 5.41) is 16.1. The van der Waals surface area contributed by atoms with Crippen LogP contribution in [0.25, 0.3) is 0 Å². The summed E-state index contributed by atoms with van der Waals surface area (Å²) in [6.45, 7) is 1.16. The number of urea groups is 1. The monoisotopic (exact) mass is 361 g/mol. The van der Waals surface area contributed by atoms with Crippen LogP contribution in [0.3, 0.4) is 0 Å². The second-order valence-corrected chi connectivity index (χ2v) is 6.25. The van der Waals surface area contributed by atoms with E-state index in [-0.39, 0.29) is 11.7 Å². The number of nitro groups is 1. The summed E-state index contributed by atoms with van der Waals surface area (Å²) in [5.41, 5.74) is 0.762. The Balaban J connectivity index is 1.84. The minimum absolute atomic E-state index is 0.0698. The van der Waals surface area contributed by atoms with Gasteiger partial charge >= 0.3 is 6.03 Å². The first-order valence-electron chi connectivity index (χ1n) is 7.64. The van der Waals surface area contributed by atoms with Gasteiger partial charge in [-0.3, -0.25) is 10.1 Å². The number of carbonyl (C=O) groups is 1. The zero-order valence-electron chi connectivity index (χ0n) is 13.7. The highest BCUT2D eigenvalue weighted by molar-refractivity contribution is 7.99. The van der Waals surface area contributed by atoms with Gasteiger partial charge < -0.3 is 15.4 Å². The van der Waals surface area contributed by atoms with Crippen molar-refractivity contribution in [2.24, 2.45) is 0 Å². The maximum absolute atomic E-state index is 11.7. The van der Waals surface area contributed by atoms with Crippen LogP contribution < -0.4 is 10.6 Å². The summed E-state index contributed by atoms with van der Waals surface area (Å²) in [4.78, 5) is 23.8. The Bertz CT molecular complexity index is 705. The van der Waals surface area contributed by atoms with E-state index in [1.54, 1.807) is 19.2 Å². The molecule has 2 amide bonds. The molecule has 25 heavy (non-hydrogen) atoms. The van der Waals surface area contributed by atoms with E-state index in [2.05, 4.69) is 10.6 Å². The predicted molar refractivity (Wildman–Crippen MR) is 97.2 cm³/mol. The van der Waals surface area contributed by atoms with Crippen molar-refractivity contribution in [3.63, 3.8) is 0 Å². The zero-order valence-corrected chi connectivity index (χ0v) is 14.5. The third kappa shape index (κ3) is 6.44. The van der Waals surface area contributed by atoms with Crippen LogP contribution in [0.2, 0.25) is 0 Å². The number of nitrogens with one attached hydrogen (secondary N) is 2. The Morgan fingerprint density at radius 2 is 1.72 bits per heavy atom. The van der Waals surface area contributed by atoms with Crippen LogP contribution >= 0.6 is 11.8 Å². The molecule has 0 radical (unpaired) electrons. The summed E-state index contributed by atoms with van der Waals surface area (Å²) in [5.74, 6) is 0. The van der Waals surface area contributed by atoms with Crippen LogP contribution in [0.5, 0.6) is 0 Å². The van der Waals surface area contributed by atoms with Crippen molar-refractivity contribution in [1.29, 1.82) is 0 Å². The molecule has 0 aliphatic carbocycles. The highest BCUT2D eigenvalue weighted by Crippen LogP contribution is 2.29. The number of carbonyl (C=O) groups excluding carboxylic acids is 1. The van der Waals surface area contributed by atoms with E-state index >= 15 is 0 Å². The van der Waals surface area contributed by atoms with Gasteiger partial charge in [-0.1, -0.05) is 11.8 Å². The molecule has 0 saturated carbocycles. The summed E-state index contributed by atoms with van der Waals surface area (Å²) < 4.78 is 4.91. The fourth-order valence-corrected chi connectivity index (χ4v) is 2.79. The smallest absolute Gasteiger partial charge is 0.319 e. The van der Waals surface area contributed by atoms with Gasteiger partial charge in [-0.2, -0.15) is 0 Å². The lowest BCUT2D eigenvalue weighted by molar-refractivity contribution is -0.384. The molecule has 0 spiro atoms. The molecular weight excluding hydrogens is 342 g/mol. The lowest BCUT2D eigenvalue weighted by atomic mass is 10.3. The molecule has 8 heteroatoms. The molecule has 0 unspecified atom stereocenters. The van der Waals surface area contributed by atoms with Crippen LogP contribution in [-0.4, -0.2) is 31.2 Å². The first-order chi connectivity index (χ1) is 12.1. The number of amides is 2. The molecule has 0 fully saturated rings. The highest BCUT2D eigenvalue weighted by atomic mass is 32.2. The van der Waals surface area contributed by atoms with Crippen LogP contribution in [0.15, 0.2) is 58.3 Å². The van der Waals surface area contributed by atoms with Gasteiger partial charge in [-0.05, 0) is 42.8 Å². The van der Waals surface area contributed by atoms with E-state index in [1.807, 2.05) is 24.3 Å². The van der Waals surface area contributed by atoms with Gasteiger partial charge in [0.15, 0.2) is 0 Å². The van der Waals surface area contributed by atoms with E-state index in [1.165, 1.54) is 23.9 Å². The fourth-order valence-electron chi connectivity index (χ4n) is 1.97. The maximum atomic E-state index is 11.7. The number of methoxy groups -OCH3 is 1. The first-order valence-corrected chi connectivity index (χ1v) is 8.46. The largest absolute Gasteiger partial charge is 0.385 e. The molecule has 0 saturated heterocycles. The number of benzene rings is 2. The molecule has 0 aliphatic rings. The Morgan fingerprint density at radius 3 is 2.28 bits per heavy atom. The molecule has 2 N–H and O–H groups in total. The van der Waals surface area contributed by atoms with E-state index < -0.39 is 4.92 Å². The Hall–Kier alpha value is -2.58. The van der Waals surface area contributed by atoms with E-state index in [0.717, 1.165) is 16.2 Å². The van der Waals surface area contributed by atoms with Crippen LogP contribution in [-0.2, 0) is 4.74 Å². The van der Waals surface area contributed by atoms with Crippen molar-refractivity contribution in [3.8, 4) is 0 Å². The van der Waals surface area contributed by atoms with Gasteiger partial charge in [0.25, 0.3) is 5.69 Å². The van der Waals surface area contributed by atoms with Gasteiger partial charge in [0.2, 0.25) is 0 Å². The fraction of sp³-hybridized carbons (Fsp3) is 0.235. The molecule has 132 valence electrons. The number of nitro benzene ring substituents is 1. The predicted octanol–water partition coefficient (Wildman–Crippen LogP) is 3.90. The number of rotatable bonds is 8. The Labute approximate surface area is 149 Å². The van der Waals surface area contributed by atoms with Gasteiger partial charge in [0, 0.05) is 47.9 Å². The Morgan fingerprint density at radius 1 is 1.12 bits per heavy atom. The normalized spacial score (nSPS) is 10.3. The lowest BCUT2D eigenvalue weighted by Gasteiger charge is -2.08. The molecule has 0 aliphatic heterocycles. The zero-order chi connectivity index (χ0) is 18.1. The average molecular weight is 361 g/mol. The number of non-ortho nitro benzene ring substituents is 1. The highest BCUT2D eigenvalue weighted by Gasteiger charge is 2.05. The van der Waals surface area contributed by atoms with E-state index in [0.29, 0.717) is 18.8 Å². The molecule has 2 aromatic carbocycles. The molecule has 0 bridgehead atoms. The van der Waals surface area contributed by atoms with Crippen molar-refractivity contribution < 1.29 is 14.5 Å². The number of hydrogen-bond acceptors (Lipinski definition) is 5.